The Morgan fingerprint density at radius 2 is 2.15 bits per heavy atom. The molecule has 1 heterocycles. The van der Waals surface area contributed by atoms with E-state index in [1.165, 1.54) is 6.07 Å². The summed E-state index contributed by atoms with van der Waals surface area (Å²) in [6.45, 7) is 0.385. The van der Waals surface area contributed by atoms with Gasteiger partial charge in [0.15, 0.2) is 0 Å². The molecule has 1 spiro atoms. The second-order valence-electron chi connectivity index (χ2n) is 5.43. The Morgan fingerprint density at radius 1 is 1.45 bits per heavy atom. The number of hydrogen-bond donors (Lipinski definition) is 1. The van der Waals surface area contributed by atoms with Crippen LogP contribution in [0.5, 0.6) is 0 Å². The van der Waals surface area contributed by atoms with Crippen molar-refractivity contribution in [3.8, 4) is 0 Å². The first-order chi connectivity index (χ1) is 9.53. The molecular weight excluding hydrogens is 279 g/mol. The van der Waals surface area contributed by atoms with E-state index in [0.717, 1.165) is 12.8 Å². The topological polar surface area (TPSA) is 49.4 Å². The van der Waals surface area contributed by atoms with Crippen LogP contribution in [0.1, 0.15) is 24.6 Å². The van der Waals surface area contributed by atoms with Crippen molar-refractivity contribution in [3.63, 3.8) is 0 Å². The molecule has 1 saturated carbocycles. The summed E-state index contributed by atoms with van der Waals surface area (Å²) in [7, 11) is -0.973. The number of halogens is 1. The predicted molar refractivity (Wildman–Crippen MR) is 74.9 cm³/mol. The summed E-state index contributed by atoms with van der Waals surface area (Å²) in [5.41, 5.74) is -0.0196. The van der Waals surface area contributed by atoms with E-state index in [9.17, 15) is 13.4 Å². The minimum Gasteiger partial charge on any atom is -0.320 e. The van der Waals surface area contributed by atoms with E-state index in [1.807, 2.05) is 0 Å². The number of carbonyl (C=O) groups excluding carboxylic acids is 1. The van der Waals surface area contributed by atoms with Crippen molar-refractivity contribution in [2.24, 2.45) is 0 Å². The highest BCUT2D eigenvalue weighted by molar-refractivity contribution is 7.84. The largest absolute Gasteiger partial charge is 0.320 e. The van der Waals surface area contributed by atoms with Crippen LogP contribution in [0.4, 0.5) is 4.39 Å². The molecule has 1 aromatic rings. The molecule has 0 bridgehead atoms. The lowest BCUT2D eigenvalue weighted by molar-refractivity contribution is -0.130. The van der Waals surface area contributed by atoms with Gasteiger partial charge in [0.05, 0.1) is 0 Å². The minimum atomic E-state index is -0.973. The zero-order chi connectivity index (χ0) is 14.3. The van der Waals surface area contributed by atoms with E-state index in [0.29, 0.717) is 17.9 Å². The van der Waals surface area contributed by atoms with Crippen LogP contribution in [0.2, 0.25) is 0 Å². The highest BCUT2D eigenvalue weighted by Gasteiger charge is 2.59. The summed E-state index contributed by atoms with van der Waals surface area (Å²) in [6.07, 6.45) is 2.75. The molecule has 3 rings (SSSR count). The average Bonchev–Trinajstić information content (AvgIpc) is 3.13. The summed E-state index contributed by atoms with van der Waals surface area (Å²) >= 11 is 0. The number of nitrogens with one attached hydrogen (secondary N) is 1. The molecule has 2 aliphatic rings. The molecule has 2 atom stereocenters. The first-order valence-corrected chi connectivity index (χ1v) is 8.39. The maximum Gasteiger partial charge on any atom is 0.244 e. The normalized spacial score (nSPS) is 25.2. The van der Waals surface area contributed by atoms with Crippen molar-refractivity contribution in [1.29, 1.82) is 0 Å². The van der Waals surface area contributed by atoms with Gasteiger partial charge in [0.2, 0.25) is 5.91 Å². The van der Waals surface area contributed by atoms with Crippen molar-refractivity contribution in [2.45, 2.75) is 24.5 Å². The lowest BCUT2D eigenvalue weighted by Crippen LogP contribution is -2.35. The van der Waals surface area contributed by atoms with Gasteiger partial charge in [-0.1, -0.05) is 18.2 Å². The van der Waals surface area contributed by atoms with Crippen molar-refractivity contribution in [2.75, 3.05) is 18.6 Å². The quantitative estimate of drug-likeness (QED) is 0.907. The number of benzene rings is 1. The third-order valence-electron chi connectivity index (χ3n) is 3.96. The monoisotopic (exact) mass is 296 g/mol. The van der Waals surface area contributed by atoms with Crippen LogP contribution >= 0.6 is 0 Å². The summed E-state index contributed by atoms with van der Waals surface area (Å²) in [5.74, 6) is 0.100. The highest BCUT2D eigenvalue weighted by atomic mass is 32.2. The fourth-order valence-electron chi connectivity index (χ4n) is 2.68. The zero-order valence-electron chi connectivity index (χ0n) is 11.3. The van der Waals surface area contributed by atoms with Gasteiger partial charge in [0.1, 0.15) is 17.5 Å². The van der Waals surface area contributed by atoms with Gasteiger partial charge < -0.3 is 4.90 Å². The van der Waals surface area contributed by atoms with Crippen molar-refractivity contribution in [1.82, 2.24) is 10.2 Å². The molecule has 0 radical (unpaired) electrons. The van der Waals surface area contributed by atoms with Crippen LogP contribution in [0.3, 0.4) is 0 Å². The number of hydrogen-bond acceptors (Lipinski definition) is 3. The zero-order valence-corrected chi connectivity index (χ0v) is 12.1. The van der Waals surface area contributed by atoms with Gasteiger partial charge in [0.25, 0.3) is 0 Å². The number of nitrogens with zero attached hydrogens (tertiary/aromatic N) is 1. The Labute approximate surface area is 119 Å². The predicted octanol–water partition coefficient (Wildman–Crippen LogP) is 1.17. The molecule has 20 heavy (non-hydrogen) atoms. The standard InChI is InChI=1S/C14H17FN2O2S/c1-20(19)9-8-17-12(10-4-2-3-5-11(10)15)16-14(6-7-14)13(17)18/h2-5,12,16H,6-9H2,1H3. The Bertz CT molecular complexity index is 574. The Kier molecular flexibility index (Phi) is 3.38. The molecule has 1 aliphatic carbocycles. The summed E-state index contributed by atoms with van der Waals surface area (Å²) in [4.78, 5) is 14.1. The van der Waals surface area contributed by atoms with Gasteiger partial charge in [-0.05, 0) is 18.9 Å². The molecule has 1 N–H and O–H groups in total. The van der Waals surface area contributed by atoms with Crippen molar-refractivity contribution in [3.05, 3.63) is 35.6 Å². The fourth-order valence-corrected chi connectivity index (χ4v) is 3.13. The highest BCUT2D eigenvalue weighted by Crippen LogP contribution is 2.46. The smallest absolute Gasteiger partial charge is 0.244 e. The number of carbonyl (C=O) groups is 1. The molecule has 2 fully saturated rings. The van der Waals surface area contributed by atoms with E-state index in [1.54, 1.807) is 29.4 Å². The number of amides is 1. The summed E-state index contributed by atoms with van der Waals surface area (Å²) in [6, 6.07) is 6.49. The van der Waals surface area contributed by atoms with Gasteiger partial charge in [-0.15, -0.1) is 0 Å². The minimum absolute atomic E-state index is 0.0104. The second-order valence-corrected chi connectivity index (χ2v) is 6.98. The molecule has 1 amide bonds. The SMILES string of the molecule is CS(=O)CCN1C(=O)C2(CC2)NC1c1ccccc1F. The van der Waals surface area contributed by atoms with Gasteiger partial charge in [-0.25, -0.2) is 4.39 Å². The Hall–Kier alpha value is -1.27. The van der Waals surface area contributed by atoms with Gasteiger partial charge >= 0.3 is 0 Å². The first-order valence-electron chi connectivity index (χ1n) is 6.67. The molecule has 6 heteroatoms. The third-order valence-corrected chi connectivity index (χ3v) is 4.72. The van der Waals surface area contributed by atoms with E-state index in [4.69, 9.17) is 0 Å². The summed E-state index contributed by atoms with van der Waals surface area (Å²) < 4.78 is 25.2. The van der Waals surface area contributed by atoms with Crippen LogP contribution in [-0.4, -0.2) is 39.1 Å². The third kappa shape index (κ3) is 2.27. The van der Waals surface area contributed by atoms with Crippen LogP contribution in [0, 0.1) is 5.82 Å². The summed E-state index contributed by atoms with van der Waals surface area (Å²) in [5, 5.41) is 3.26. The molecule has 4 nitrogen and oxygen atoms in total. The van der Waals surface area contributed by atoms with Crippen LogP contribution in [-0.2, 0) is 15.6 Å². The first kappa shape index (κ1) is 13.7. The van der Waals surface area contributed by atoms with Crippen LogP contribution in [0.15, 0.2) is 24.3 Å². The van der Waals surface area contributed by atoms with E-state index >= 15 is 0 Å². The molecule has 2 unspecified atom stereocenters. The Morgan fingerprint density at radius 3 is 2.75 bits per heavy atom. The van der Waals surface area contributed by atoms with Gasteiger partial charge in [-0.2, -0.15) is 0 Å². The molecule has 0 aromatic heterocycles. The van der Waals surface area contributed by atoms with Crippen LogP contribution in [0.25, 0.3) is 0 Å². The van der Waals surface area contributed by atoms with Gasteiger partial charge in [0, 0.05) is 34.9 Å². The lowest BCUT2D eigenvalue weighted by atomic mass is 10.1. The maximum atomic E-state index is 14.0. The average molecular weight is 296 g/mol. The van der Waals surface area contributed by atoms with Gasteiger partial charge in [-0.3, -0.25) is 14.3 Å². The fraction of sp³-hybridized carbons (Fsp3) is 0.500. The molecule has 108 valence electrons. The second kappa shape index (κ2) is 4.93. The molecule has 1 aromatic carbocycles. The van der Waals surface area contributed by atoms with Crippen molar-refractivity contribution < 1.29 is 13.4 Å². The molecular formula is C14H17FN2O2S. The Balaban J connectivity index is 1.89. The van der Waals surface area contributed by atoms with E-state index in [2.05, 4.69) is 5.32 Å². The maximum absolute atomic E-state index is 14.0. The molecule has 1 aliphatic heterocycles. The number of rotatable bonds is 4. The van der Waals surface area contributed by atoms with Crippen LogP contribution < -0.4 is 5.32 Å². The van der Waals surface area contributed by atoms with E-state index in [-0.39, 0.29) is 11.7 Å². The van der Waals surface area contributed by atoms with Crippen molar-refractivity contribution >= 4 is 16.7 Å². The van der Waals surface area contributed by atoms with E-state index < -0.39 is 22.5 Å². The lowest BCUT2D eigenvalue weighted by Gasteiger charge is -2.24. The molecule has 1 saturated heterocycles.